The molecular formula is C14H28Cl4N4O2. The molecule has 4 N–H and O–H groups in total. The fourth-order valence-electron chi connectivity index (χ4n) is 3.51. The molecule has 0 aromatic heterocycles. The summed E-state index contributed by atoms with van der Waals surface area (Å²) < 4.78 is 0. The van der Waals surface area contributed by atoms with Gasteiger partial charge in [-0.05, 0) is 25.7 Å². The van der Waals surface area contributed by atoms with E-state index in [0.717, 1.165) is 13.1 Å². The van der Waals surface area contributed by atoms with Crippen LogP contribution in [-0.4, -0.2) is 49.1 Å². The highest BCUT2D eigenvalue weighted by Crippen LogP contribution is 2.17. The molecule has 0 saturated carbocycles. The Morgan fingerprint density at radius 2 is 0.917 bits per heavy atom. The number of rotatable bonds is 0. The van der Waals surface area contributed by atoms with Crippen LogP contribution in [-0.2, 0) is 9.59 Å². The normalized spacial score (nSPS) is 32.5. The predicted molar refractivity (Wildman–Crippen MR) is 104 cm³/mol. The van der Waals surface area contributed by atoms with Crippen molar-refractivity contribution in [2.45, 2.75) is 62.7 Å². The number of nitrogens with one attached hydrogen (secondary N) is 4. The molecule has 4 aliphatic heterocycles. The average Bonchev–Trinajstić information content (AvgIpc) is 2.93. The molecule has 4 fully saturated rings. The van der Waals surface area contributed by atoms with Gasteiger partial charge in [0.25, 0.3) is 0 Å². The molecule has 4 rings (SSSR count). The van der Waals surface area contributed by atoms with E-state index in [-0.39, 0.29) is 61.4 Å². The number of halogens is 4. The van der Waals surface area contributed by atoms with E-state index >= 15 is 0 Å². The highest BCUT2D eigenvalue weighted by atomic mass is 35.5. The van der Waals surface area contributed by atoms with E-state index in [4.69, 9.17) is 0 Å². The molecule has 0 spiro atoms. The van der Waals surface area contributed by atoms with Crippen LogP contribution in [0.1, 0.15) is 38.5 Å². The maximum absolute atomic E-state index is 10.9. The van der Waals surface area contributed by atoms with E-state index in [1.54, 1.807) is 0 Å². The Bertz CT molecular complexity index is 367. The van der Waals surface area contributed by atoms with Crippen molar-refractivity contribution in [2.24, 2.45) is 0 Å². The highest BCUT2D eigenvalue weighted by Gasteiger charge is 2.29. The van der Waals surface area contributed by atoms with Gasteiger partial charge in [0.15, 0.2) is 0 Å². The Hall–Kier alpha value is 0.0200. The zero-order valence-corrected chi connectivity index (χ0v) is 16.7. The minimum absolute atomic E-state index is 0. The molecule has 0 aromatic carbocycles. The van der Waals surface area contributed by atoms with Gasteiger partial charge in [-0.15, -0.1) is 49.6 Å². The molecule has 2 amide bonds. The Morgan fingerprint density at radius 1 is 0.583 bits per heavy atom. The fraction of sp³-hybridized carbons (Fsp3) is 0.857. The van der Waals surface area contributed by atoms with E-state index in [0.29, 0.717) is 37.0 Å². The van der Waals surface area contributed by atoms with Crippen LogP contribution in [0.2, 0.25) is 0 Å². The molecule has 4 saturated heterocycles. The monoisotopic (exact) mass is 424 g/mol. The van der Waals surface area contributed by atoms with Crippen LogP contribution in [0.15, 0.2) is 0 Å². The molecule has 4 bridgehead atoms. The van der Waals surface area contributed by atoms with Gasteiger partial charge >= 0.3 is 0 Å². The van der Waals surface area contributed by atoms with Crippen molar-refractivity contribution in [3.8, 4) is 0 Å². The summed E-state index contributed by atoms with van der Waals surface area (Å²) in [5, 5.41) is 12.5. The third-order valence-corrected chi connectivity index (χ3v) is 4.62. The molecule has 0 aliphatic carbocycles. The summed E-state index contributed by atoms with van der Waals surface area (Å²) >= 11 is 0. The first kappa shape index (κ1) is 26.3. The van der Waals surface area contributed by atoms with Crippen molar-refractivity contribution in [2.75, 3.05) is 13.1 Å². The molecule has 6 nitrogen and oxygen atoms in total. The van der Waals surface area contributed by atoms with Crippen molar-refractivity contribution in [3.63, 3.8) is 0 Å². The SMILES string of the molecule is Cl.Cl.Cl.Cl.O=C1C[C@@H]2CC[C@H](CN1)N2.O=C1C[C@H]2CC[C@@H](CN1)N2. The first-order chi connectivity index (χ1) is 9.69. The molecule has 0 aromatic rings. The Balaban J connectivity index is 0. The number of carbonyl (C=O) groups excluding carboxylic acids is 2. The van der Waals surface area contributed by atoms with Crippen molar-refractivity contribution < 1.29 is 9.59 Å². The van der Waals surface area contributed by atoms with Crippen molar-refractivity contribution >= 4 is 61.4 Å². The van der Waals surface area contributed by atoms with Crippen molar-refractivity contribution in [1.29, 1.82) is 0 Å². The summed E-state index contributed by atoms with van der Waals surface area (Å²) in [4.78, 5) is 21.8. The second kappa shape index (κ2) is 12.4. The van der Waals surface area contributed by atoms with Crippen LogP contribution in [0, 0.1) is 0 Å². The van der Waals surface area contributed by atoms with Crippen LogP contribution in [0.4, 0.5) is 0 Å². The lowest BCUT2D eigenvalue weighted by Crippen LogP contribution is -2.33. The van der Waals surface area contributed by atoms with Gasteiger partial charge < -0.3 is 21.3 Å². The van der Waals surface area contributed by atoms with Gasteiger partial charge in [0.1, 0.15) is 0 Å². The summed E-state index contributed by atoms with van der Waals surface area (Å²) in [5.41, 5.74) is 0. The van der Waals surface area contributed by atoms with Gasteiger partial charge in [0, 0.05) is 50.1 Å². The summed E-state index contributed by atoms with van der Waals surface area (Å²) in [6.45, 7) is 1.66. The summed E-state index contributed by atoms with van der Waals surface area (Å²) in [7, 11) is 0. The Kier molecular flexibility index (Phi) is 13.5. The number of hydrogen-bond donors (Lipinski definition) is 4. The topological polar surface area (TPSA) is 82.3 Å². The molecule has 4 atom stereocenters. The molecule has 144 valence electrons. The fourth-order valence-corrected chi connectivity index (χ4v) is 3.51. The van der Waals surface area contributed by atoms with Gasteiger partial charge in [-0.2, -0.15) is 0 Å². The maximum Gasteiger partial charge on any atom is 0.221 e. The molecular weight excluding hydrogens is 398 g/mol. The van der Waals surface area contributed by atoms with E-state index < -0.39 is 0 Å². The lowest BCUT2D eigenvalue weighted by Gasteiger charge is -2.06. The van der Waals surface area contributed by atoms with E-state index in [1.165, 1.54) is 25.7 Å². The quantitative estimate of drug-likeness (QED) is 0.465. The van der Waals surface area contributed by atoms with Crippen molar-refractivity contribution in [1.82, 2.24) is 21.3 Å². The number of amides is 2. The van der Waals surface area contributed by atoms with Gasteiger partial charge in [0.05, 0.1) is 0 Å². The molecule has 4 aliphatic rings. The molecule has 0 unspecified atom stereocenters. The van der Waals surface area contributed by atoms with Crippen LogP contribution >= 0.6 is 49.6 Å². The number of hydrogen-bond acceptors (Lipinski definition) is 4. The van der Waals surface area contributed by atoms with Crippen LogP contribution < -0.4 is 21.3 Å². The minimum Gasteiger partial charge on any atom is -0.354 e. The second-order valence-corrected chi connectivity index (χ2v) is 6.29. The smallest absolute Gasteiger partial charge is 0.221 e. The first-order valence-electron chi connectivity index (χ1n) is 7.74. The number of fused-ring (bicyclic) bond motifs is 4. The summed E-state index contributed by atoms with van der Waals surface area (Å²) in [6, 6.07) is 2.04. The van der Waals surface area contributed by atoms with Gasteiger partial charge in [0.2, 0.25) is 11.8 Å². The van der Waals surface area contributed by atoms with Gasteiger partial charge in [-0.1, -0.05) is 0 Å². The summed E-state index contributed by atoms with van der Waals surface area (Å²) in [5.74, 6) is 0.416. The van der Waals surface area contributed by atoms with E-state index in [9.17, 15) is 9.59 Å². The maximum atomic E-state index is 10.9. The molecule has 24 heavy (non-hydrogen) atoms. The van der Waals surface area contributed by atoms with Gasteiger partial charge in [-0.25, -0.2) is 0 Å². The lowest BCUT2D eigenvalue weighted by atomic mass is 10.1. The highest BCUT2D eigenvalue weighted by molar-refractivity contribution is 5.86. The van der Waals surface area contributed by atoms with Crippen LogP contribution in [0.25, 0.3) is 0 Å². The van der Waals surface area contributed by atoms with Crippen LogP contribution in [0.5, 0.6) is 0 Å². The Labute approximate surface area is 168 Å². The van der Waals surface area contributed by atoms with Crippen molar-refractivity contribution in [3.05, 3.63) is 0 Å². The van der Waals surface area contributed by atoms with E-state index in [2.05, 4.69) is 21.3 Å². The summed E-state index contributed by atoms with van der Waals surface area (Å²) in [6.07, 6.45) is 6.17. The third kappa shape index (κ3) is 7.50. The molecule has 0 radical (unpaired) electrons. The molecule has 10 heteroatoms. The van der Waals surface area contributed by atoms with Crippen LogP contribution in [0.3, 0.4) is 0 Å². The first-order valence-corrected chi connectivity index (χ1v) is 7.74. The average molecular weight is 426 g/mol. The third-order valence-electron chi connectivity index (χ3n) is 4.62. The van der Waals surface area contributed by atoms with Gasteiger partial charge in [-0.3, -0.25) is 9.59 Å². The zero-order valence-electron chi connectivity index (χ0n) is 13.4. The number of carbonyl (C=O) groups is 2. The predicted octanol–water partition coefficient (Wildman–Crippen LogP) is 0.941. The lowest BCUT2D eigenvalue weighted by molar-refractivity contribution is -0.122. The minimum atomic E-state index is 0. The standard InChI is InChI=1S/2C7H12N2O.4ClH/c2*10-7-3-5-1-2-6(9-5)4-8-7;;;;/h2*5-6,9H,1-4H2,(H,8,10);4*1H/t2*5-,6+;;;;/m10..../s1. The zero-order chi connectivity index (χ0) is 13.9. The second-order valence-electron chi connectivity index (χ2n) is 6.29. The largest absolute Gasteiger partial charge is 0.354 e. The Morgan fingerprint density at radius 3 is 1.29 bits per heavy atom. The van der Waals surface area contributed by atoms with E-state index in [1.807, 2.05) is 0 Å². The molecule has 4 heterocycles.